The molecule has 0 spiro atoms. The lowest BCUT2D eigenvalue weighted by molar-refractivity contribution is 1.01. The van der Waals surface area contributed by atoms with Crippen LogP contribution >= 0.6 is 0 Å². The fourth-order valence-electron chi connectivity index (χ4n) is 2.49. The van der Waals surface area contributed by atoms with Crippen molar-refractivity contribution in [2.45, 2.75) is 0 Å². The number of nitrogens with zero attached hydrogens (tertiary/aromatic N) is 5. The molecule has 0 aliphatic rings. The van der Waals surface area contributed by atoms with Crippen molar-refractivity contribution < 1.29 is 0 Å². The molecule has 0 aliphatic carbocycles. The summed E-state index contributed by atoms with van der Waals surface area (Å²) < 4.78 is 2.04. The third-order valence-electron chi connectivity index (χ3n) is 3.63. The Kier molecular flexibility index (Phi) is 3.37. The van der Waals surface area contributed by atoms with Gasteiger partial charge < -0.3 is 5.32 Å². The molecular formula is C18H12N6. The van der Waals surface area contributed by atoms with E-state index in [9.17, 15) is 0 Å². The topological polar surface area (TPSA) is 79.4 Å². The Morgan fingerprint density at radius 2 is 1.83 bits per heavy atom. The molecule has 0 fully saturated rings. The number of nitriles is 1. The van der Waals surface area contributed by atoms with Crippen LogP contribution < -0.4 is 5.32 Å². The van der Waals surface area contributed by atoms with E-state index in [1.54, 1.807) is 12.1 Å². The molecule has 0 unspecified atom stereocenters. The second-order valence-electron chi connectivity index (χ2n) is 5.19. The fraction of sp³-hybridized carbons (Fsp3) is 0. The van der Waals surface area contributed by atoms with Crippen LogP contribution in [-0.4, -0.2) is 19.7 Å². The van der Waals surface area contributed by atoms with Gasteiger partial charge in [0.15, 0.2) is 11.5 Å². The molecule has 4 rings (SSSR count). The summed E-state index contributed by atoms with van der Waals surface area (Å²) in [6.07, 6.45) is 1.81. The lowest BCUT2D eigenvalue weighted by Gasteiger charge is -2.06. The number of benzene rings is 2. The molecule has 114 valence electrons. The van der Waals surface area contributed by atoms with Crippen molar-refractivity contribution in [3.8, 4) is 11.8 Å². The first-order valence-corrected chi connectivity index (χ1v) is 7.37. The van der Waals surface area contributed by atoms with Gasteiger partial charge in [-0.1, -0.05) is 18.2 Å². The van der Waals surface area contributed by atoms with Gasteiger partial charge in [-0.05, 0) is 42.5 Å². The average molecular weight is 312 g/mol. The van der Waals surface area contributed by atoms with Crippen molar-refractivity contribution in [1.29, 1.82) is 5.26 Å². The minimum Gasteiger partial charge on any atom is -0.339 e. The normalized spacial score (nSPS) is 10.5. The first kappa shape index (κ1) is 13.9. The molecule has 2 aromatic carbocycles. The Morgan fingerprint density at radius 3 is 2.58 bits per heavy atom. The van der Waals surface area contributed by atoms with Crippen LogP contribution in [0, 0.1) is 11.3 Å². The quantitative estimate of drug-likeness (QED) is 0.627. The lowest BCUT2D eigenvalue weighted by Crippen LogP contribution is -1.96. The molecule has 0 aliphatic heterocycles. The van der Waals surface area contributed by atoms with Crippen LogP contribution in [0.25, 0.3) is 16.7 Å². The molecule has 0 amide bonds. The van der Waals surface area contributed by atoms with E-state index in [4.69, 9.17) is 5.26 Å². The van der Waals surface area contributed by atoms with Gasteiger partial charge >= 0.3 is 0 Å². The van der Waals surface area contributed by atoms with E-state index in [2.05, 4.69) is 20.5 Å². The van der Waals surface area contributed by atoms with Gasteiger partial charge in [-0.2, -0.15) is 5.26 Å². The first-order valence-electron chi connectivity index (χ1n) is 7.37. The van der Waals surface area contributed by atoms with E-state index >= 15 is 0 Å². The summed E-state index contributed by atoms with van der Waals surface area (Å²) in [6, 6.07) is 21.3. The van der Waals surface area contributed by atoms with Crippen molar-refractivity contribution in [2.24, 2.45) is 0 Å². The molecule has 0 radical (unpaired) electrons. The molecule has 24 heavy (non-hydrogen) atoms. The Morgan fingerprint density at radius 1 is 0.958 bits per heavy atom. The van der Waals surface area contributed by atoms with Crippen LogP contribution in [0.15, 0.2) is 67.0 Å². The zero-order chi connectivity index (χ0) is 16.4. The van der Waals surface area contributed by atoms with E-state index < -0.39 is 0 Å². The molecule has 0 bridgehead atoms. The highest BCUT2D eigenvalue weighted by Crippen LogP contribution is 2.23. The van der Waals surface area contributed by atoms with Crippen molar-refractivity contribution in [3.05, 3.63) is 72.7 Å². The molecular weight excluding hydrogens is 300 g/mol. The highest BCUT2D eigenvalue weighted by Gasteiger charge is 2.06. The molecule has 0 saturated carbocycles. The Bertz CT molecular complexity index is 1030. The van der Waals surface area contributed by atoms with Crippen LogP contribution in [0.1, 0.15) is 5.69 Å². The number of hydrogen-bond donors (Lipinski definition) is 1. The average Bonchev–Trinajstić information content (AvgIpc) is 3.06. The number of aromatic nitrogens is 4. The highest BCUT2D eigenvalue weighted by molar-refractivity contribution is 5.82. The molecule has 0 atom stereocenters. The summed E-state index contributed by atoms with van der Waals surface area (Å²) >= 11 is 0. The third kappa shape index (κ3) is 2.55. The number of anilines is 2. The van der Waals surface area contributed by atoms with Crippen molar-refractivity contribution in [3.63, 3.8) is 0 Å². The second-order valence-corrected chi connectivity index (χ2v) is 5.19. The lowest BCUT2D eigenvalue weighted by atomic mass is 10.2. The maximum absolute atomic E-state index is 8.75. The van der Waals surface area contributed by atoms with Gasteiger partial charge in [0.05, 0.1) is 11.0 Å². The highest BCUT2D eigenvalue weighted by atomic mass is 15.2. The Balaban J connectivity index is 1.66. The maximum atomic E-state index is 8.75. The SMILES string of the molecule is N#Cc1ccc(Nc2ccc3c(c2)ncn3-c2ccccc2)nn1. The summed E-state index contributed by atoms with van der Waals surface area (Å²) in [7, 11) is 0. The summed E-state index contributed by atoms with van der Waals surface area (Å²) in [5.74, 6) is 0.579. The van der Waals surface area contributed by atoms with E-state index in [-0.39, 0.29) is 5.69 Å². The molecule has 6 heteroatoms. The van der Waals surface area contributed by atoms with Gasteiger partial charge in [0, 0.05) is 11.4 Å². The number of nitrogens with one attached hydrogen (secondary N) is 1. The zero-order valence-electron chi connectivity index (χ0n) is 12.6. The predicted molar refractivity (Wildman–Crippen MR) is 91.1 cm³/mol. The fourth-order valence-corrected chi connectivity index (χ4v) is 2.49. The van der Waals surface area contributed by atoms with Crippen LogP contribution in [-0.2, 0) is 0 Å². The Labute approximate surface area is 138 Å². The van der Waals surface area contributed by atoms with Gasteiger partial charge in [0.1, 0.15) is 12.4 Å². The number of hydrogen-bond acceptors (Lipinski definition) is 5. The number of fused-ring (bicyclic) bond motifs is 1. The minimum atomic E-state index is 0.289. The molecule has 1 N–H and O–H groups in total. The van der Waals surface area contributed by atoms with Crippen LogP contribution in [0.4, 0.5) is 11.5 Å². The van der Waals surface area contributed by atoms with Crippen molar-refractivity contribution in [1.82, 2.24) is 19.7 Å². The van der Waals surface area contributed by atoms with Crippen LogP contribution in [0.2, 0.25) is 0 Å². The molecule has 2 aromatic heterocycles. The number of rotatable bonds is 3. The van der Waals surface area contributed by atoms with E-state index in [0.717, 1.165) is 22.4 Å². The minimum absolute atomic E-state index is 0.289. The van der Waals surface area contributed by atoms with E-state index in [1.165, 1.54) is 0 Å². The van der Waals surface area contributed by atoms with Gasteiger partial charge in [-0.3, -0.25) is 4.57 Å². The van der Waals surface area contributed by atoms with E-state index in [0.29, 0.717) is 5.82 Å². The second kappa shape index (κ2) is 5.82. The van der Waals surface area contributed by atoms with Gasteiger partial charge in [-0.25, -0.2) is 4.98 Å². The third-order valence-corrected chi connectivity index (χ3v) is 3.63. The zero-order valence-corrected chi connectivity index (χ0v) is 12.6. The van der Waals surface area contributed by atoms with Crippen molar-refractivity contribution in [2.75, 3.05) is 5.32 Å². The molecule has 0 saturated heterocycles. The molecule has 4 aromatic rings. The summed E-state index contributed by atoms with van der Waals surface area (Å²) in [5.41, 5.74) is 4.12. The number of imidazole rings is 1. The Hall–Kier alpha value is -3.72. The van der Waals surface area contributed by atoms with Gasteiger partial charge in [0.25, 0.3) is 0 Å². The van der Waals surface area contributed by atoms with Gasteiger partial charge in [0.2, 0.25) is 0 Å². The van der Waals surface area contributed by atoms with Crippen LogP contribution in [0.3, 0.4) is 0 Å². The van der Waals surface area contributed by atoms with Gasteiger partial charge in [-0.15, -0.1) is 10.2 Å². The largest absolute Gasteiger partial charge is 0.339 e. The summed E-state index contributed by atoms with van der Waals surface area (Å²) in [4.78, 5) is 4.47. The predicted octanol–water partition coefficient (Wildman–Crippen LogP) is 3.43. The van der Waals surface area contributed by atoms with Crippen molar-refractivity contribution >= 4 is 22.5 Å². The maximum Gasteiger partial charge on any atom is 0.163 e. The standard InChI is InChI=1S/C18H12N6/c19-11-14-7-9-18(23-22-14)21-13-6-8-17-16(10-13)20-12-24(17)15-4-2-1-3-5-15/h1-10,12H,(H,21,23). The van der Waals surface area contributed by atoms with Crippen LogP contribution in [0.5, 0.6) is 0 Å². The first-order chi connectivity index (χ1) is 11.8. The monoisotopic (exact) mass is 312 g/mol. The smallest absolute Gasteiger partial charge is 0.163 e. The molecule has 6 nitrogen and oxygen atoms in total. The summed E-state index contributed by atoms with van der Waals surface area (Å²) in [5, 5.41) is 19.7. The number of para-hydroxylation sites is 1. The van der Waals surface area contributed by atoms with E-state index in [1.807, 2.05) is 65.5 Å². The molecule has 2 heterocycles. The summed E-state index contributed by atoms with van der Waals surface area (Å²) in [6.45, 7) is 0.